The Hall–Kier alpha value is -0.0800. The number of hydrogen-bond donors (Lipinski definition) is 2. The number of hydrogen-bond acceptors (Lipinski definition) is 2. The first-order chi connectivity index (χ1) is 11.2. The summed E-state index contributed by atoms with van der Waals surface area (Å²) in [7, 11) is 0. The van der Waals surface area contributed by atoms with Crippen LogP contribution in [0.4, 0.5) is 0 Å². The van der Waals surface area contributed by atoms with Crippen molar-refractivity contribution in [3.63, 3.8) is 0 Å². The Morgan fingerprint density at radius 3 is 2.25 bits per heavy atom. The summed E-state index contributed by atoms with van der Waals surface area (Å²) in [5.74, 6) is 3.80. The van der Waals surface area contributed by atoms with Crippen LogP contribution in [0.2, 0.25) is 0 Å². The predicted molar refractivity (Wildman–Crippen MR) is 97.5 cm³/mol. The molecule has 4 saturated carbocycles. The Kier molecular flexibility index (Phi) is 3.94. The summed E-state index contributed by atoms with van der Waals surface area (Å²) in [6.45, 7) is 9.14. The Morgan fingerprint density at radius 1 is 0.833 bits per heavy atom. The normalized spacial score (nSPS) is 58.5. The van der Waals surface area contributed by atoms with E-state index in [1.165, 1.54) is 44.9 Å². The maximum atomic E-state index is 10.6. The van der Waals surface area contributed by atoms with Crippen LogP contribution in [-0.2, 0) is 0 Å². The lowest BCUT2D eigenvalue weighted by Crippen LogP contribution is -2.55. The minimum atomic E-state index is -0.426. The molecule has 0 spiro atoms. The van der Waals surface area contributed by atoms with E-state index in [-0.39, 0.29) is 6.10 Å². The van der Waals surface area contributed by atoms with Gasteiger partial charge in [0.05, 0.1) is 11.7 Å². The third-order valence-electron chi connectivity index (χ3n) is 9.61. The highest BCUT2D eigenvalue weighted by atomic mass is 16.3. The molecule has 4 aliphatic carbocycles. The van der Waals surface area contributed by atoms with Gasteiger partial charge in [-0.3, -0.25) is 0 Å². The van der Waals surface area contributed by atoms with Crippen molar-refractivity contribution in [1.29, 1.82) is 0 Å². The summed E-state index contributed by atoms with van der Waals surface area (Å²) < 4.78 is 0. The smallest absolute Gasteiger partial charge is 0.0622 e. The van der Waals surface area contributed by atoms with Crippen LogP contribution < -0.4 is 0 Å². The minimum absolute atomic E-state index is 0.145. The Bertz CT molecular complexity index is 498. The molecule has 138 valence electrons. The van der Waals surface area contributed by atoms with Crippen molar-refractivity contribution in [2.45, 2.75) is 97.2 Å². The van der Waals surface area contributed by atoms with Gasteiger partial charge in [-0.05, 0) is 112 Å². The number of aliphatic hydroxyl groups excluding tert-OH is 1. The number of rotatable bonds is 1. The number of fused-ring (bicyclic) bond motifs is 5. The molecule has 4 aliphatic rings. The van der Waals surface area contributed by atoms with Crippen LogP contribution >= 0.6 is 0 Å². The maximum Gasteiger partial charge on any atom is 0.0622 e. The van der Waals surface area contributed by atoms with Crippen LogP contribution in [0.5, 0.6) is 0 Å². The maximum absolute atomic E-state index is 10.6. The fraction of sp³-hybridized carbons (Fsp3) is 1.00. The fourth-order valence-electron chi connectivity index (χ4n) is 8.26. The molecule has 4 fully saturated rings. The van der Waals surface area contributed by atoms with E-state index >= 15 is 0 Å². The van der Waals surface area contributed by atoms with Gasteiger partial charge in [0, 0.05) is 0 Å². The molecule has 2 N–H and O–H groups in total. The molecule has 2 heteroatoms. The zero-order valence-corrected chi connectivity index (χ0v) is 16.2. The lowest BCUT2D eigenvalue weighted by atomic mass is 9.44. The molecule has 0 aromatic rings. The topological polar surface area (TPSA) is 40.5 Å². The quantitative estimate of drug-likeness (QED) is 0.724. The second-order valence-corrected chi connectivity index (χ2v) is 10.8. The Balaban J connectivity index is 1.60. The molecule has 0 radical (unpaired) electrons. The van der Waals surface area contributed by atoms with Crippen molar-refractivity contribution in [3.05, 3.63) is 0 Å². The van der Waals surface area contributed by atoms with E-state index in [0.717, 1.165) is 36.5 Å². The van der Waals surface area contributed by atoms with Gasteiger partial charge in [-0.1, -0.05) is 13.8 Å². The van der Waals surface area contributed by atoms with E-state index in [0.29, 0.717) is 16.7 Å². The van der Waals surface area contributed by atoms with E-state index in [9.17, 15) is 10.2 Å². The van der Waals surface area contributed by atoms with E-state index in [1.807, 2.05) is 6.92 Å². The van der Waals surface area contributed by atoms with Crippen molar-refractivity contribution < 1.29 is 10.2 Å². The highest BCUT2D eigenvalue weighted by Crippen LogP contribution is 2.68. The average Bonchev–Trinajstić information content (AvgIpc) is 2.85. The first kappa shape index (κ1) is 17.3. The third-order valence-corrected chi connectivity index (χ3v) is 9.61. The Morgan fingerprint density at radius 2 is 1.54 bits per heavy atom. The van der Waals surface area contributed by atoms with Crippen LogP contribution in [0.15, 0.2) is 0 Å². The lowest BCUT2D eigenvalue weighted by molar-refractivity contribution is -0.149. The fourth-order valence-corrected chi connectivity index (χ4v) is 8.26. The molecule has 0 heterocycles. The van der Waals surface area contributed by atoms with Gasteiger partial charge >= 0.3 is 0 Å². The molecule has 9 atom stereocenters. The van der Waals surface area contributed by atoms with Crippen molar-refractivity contribution in [1.82, 2.24) is 0 Å². The highest BCUT2D eigenvalue weighted by molar-refractivity contribution is 5.10. The molecule has 0 bridgehead atoms. The second kappa shape index (κ2) is 5.46. The third kappa shape index (κ3) is 2.35. The van der Waals surface area contributed by atoms with Crippen molar-refractivity contribution >= 4 is 0 Å². The molecule has 24 heavy (non-hydrogen) atoms. The summed E-state index contributed by atoms with van der Waals surface area (Å²) in [6.07, 6.45) is 11.0. The lowest BCUT2D eigenvalue weighted by Gasteiger charge is -2.62. The molecule has 0 unspecified atom stereocenters. The van der Waals surface area contributed by atoms with Gasteiger partial charge in [0.2, 0.25) is 0 Å². The van der Waals surface area contributed by atoms with Gasteiger partial charge in [0.1, 0.15) is 0 Å². The molecule has 0 saturated heterocycles. The molecule has 0 aromatic carbocycles. The highest BCUT2D eigenvalue weighted by Gasteiger charge is 2.61. The van der Waals surface area contributed by atoms with E-state index in [1.54, 1.807) is 0 Å². The van der Waals surface area contributed by atoms with Crippen LogP contribution in [0.3, 0.4) is 0 Å². The van der Waals surface area contributed by atoms with E-state index in [4.69, 9.17) is 0 Å². The zero-order valence-electron chi connectivity index (χ0n) is 16.2. The number of aliphatic hydroxyl groups is 2. The van der Waals surface area contributed by atoms with Gasteiger partial charge in [-0.15, -0.1) is 0 Å². The van der Waals surface area contributed by atoms with Crippen molar-refractivity contribution in [3.8, 4) is 0 Å². The van der Waals surface area contributed by atoms with Crippen LogP contribution in [-0.4, -0.2) is 21.9 Å². The molecule has 2 nitrogen and oxygen atoms in total. The van der Waals surface area contributed by atoms with Crippen molar-refractivity contribution in [2.24, 2.45) is 40.4 Å². The second-order valence-electron chi connectivity index (χ2n) is 10.8. The summed E-state index contributed by atoms with van der Waals surface area (Å²) in [5, 5.41) is 20.9. The molecule has 0 aromatic heterocycles. The van der Waals surface area contributed by atoms with Gasteiger partial charge in [-0.25, -0.2) is 0 Å². The van der Waals surface area contributed by atoms with Crippen molar-refractivity contribution in [2.75, 3.05) is 0 Å². The SMILES string of the molecule is C[C@H](O)[C@H]1CC[C@H]2[C@@H]3CC[C@@H]4C[C@](C)(O)CC[C@]4(C)[C@H]3CC[C@]12C. The van der Waals surface area contributed by atoms with E-state index < -0.39 is 5.60 Å². The Labute approximate surface area is 148 Å². The average molecular weight is 335 g/mol. The molecular weight excluding hydrogens is 296 g/mol. The molecular formula is C22H38O2. The summed E-state index contributed by atoms with van der Waals surface area (Å²) in [4.78, 5) is 0. The minimum Gasteiger partial charge on any atom is -0.393 e. The van der Waals surface area contributed by atoms with Crippen LogP contribution in [0.1, 0.15) is 85.5 Å². The first-order valence-corrected chi connectivity index (χ1v) is 10.6. The summed E-state index contributed by atoms with van der Waals surface area (Å²) in [6, 6.07) is 0. The monoisotopic (exact) mass is 334 g/mol. The first-order valence-electron chi connectivity index (χ1n) is 10.6. The standard InChI is InChI=1S/C22H38O2/c1-14(23)17-7-8-18-16-6-5-15-13-20(2,24)11-12-21(15,3)19(16)9-10-22(17,18)4/h14-19,23-24H,5-13H2,1-4H3/t14-,15+,16-,17+,18-,19-,20+,21-,22+/m0/s1. The molecule has 4 rings (SSSR count). The molecule has 0 amide bonds. The summed E-state index contributed by atoms with van der Waals surface area (Å²) >= 11 is 0. The van der Waals surface area contributed by atoms with Crippen LogP contribution in [0, 0.1) is 40.4 Å². The largest absolute Gasteiger partial charge is 0.393 e. The van der Waals surface area contributed by atoms with Gasteiger partial charge in [-0.2, -0.15) is 0 Å². The molecule has 0 aliphatic heterocycles. The summed E-state index contributed by atoms with van der Waals surface area (Å²) in [5.41, 5.74) is 0.402. The zero-order chi connectivity index (χ0) is 17.3. The predicted octanol–water partition coefficient (Wildman–Crippen LogP) is 4.78. The van der Waals surface area contributed by atoms with Gasteiger partial charge < -0.3 is 10.2 Å². The van der Waals surface area contributed by atoms with E-state index in [2.05, 4.69) is 20.8 Å². The van der Waals surface area contributed by atoms with Crippen LogP contribution in [0.25, 0.3) is 0 Å². The van der Waals surface area contributed by atoms with Gasteiger partial charge in [0.15, 0.2) is 0 Å². The van der Waals surface area contributed by atoms with Gasteiger partial charge in [0.25, 0.3) is 0 Å².